The lowest BCUT2D eigenvalue weighted by Gasteiger charge is -2.22. The Morgan fingerprint density at radius 2 is 1.78 bits per heavy atom. The van der Waals surface area contributed by atoms with E-state index in [1.54, 1.807) is 37.3 Å². The van der Waals surface area contributed by atoms with Crippen molar-refractivity contribution in [1.29, 1.82) is 0 Å². The first kappa shape index (κ1) is 22.4. The number of rotatable bonds is 7. The van der Waals surface area contributed by atoms with E-state index in [0.717, 1.165) is 32.1 Å². The number of benzene rings is 2. The lowest BCUT2D eigenvalue weighted by Crippen LogP contribution is -2.36. The zero-order chi connectivity index (χ0) is 22.6. The molecule has 172 valence electrons. The number of aryl methyl sites for hydroxylation is 1. The molecule has 0 spiro atoms. The van der Waals surface area contributed by atoms with Crippen LogP contribution >= 0.6 is 0 Å². The minimum atomic E-state index is -3.59. The van der Waals surface area contributed by atoms with Gasteiger partial charge in [0.1, 0.15) is 19.0 Å². The molecular weight excluding hydrogens is 432 g/mol. The zero-order valence-electron chi connectivity index (χ0n) is 18.1. The van der Waals surface area contributed by atoms with Crippen molar-refractivity contribution in [2.45, 2.75) is 50.0 Å². The van der Waals surface area contributed by atoms with Gasteiger partial charge in [-0.15, -0.1) is 0 Å². The normalized spacial score (nSPS) is 16.4. The highest BCUT2D eigenvalue weighted by atomic mass is 32.2. The van der Waals surface area contributed by atoms with Crippen LogP contribution in [0.3, 0.4) is 0 Å². The summed E-state index contributed by atoms with van der Waals surface area (Å²) in [6, 6.07) is 9.84. The molecule has 2 aromatic rings. The molecule has 0 aromatic heterocycles. The van der Waals surface area contributed by atoms with Crippen molar-refractivity contribution < 1.29 is 27.4 Å². The van der Waals surface area contributed by atoms with Crippen molar-refractivity contribution >= 4 is 21.6 Å². The molecule has 32 heavy (non-hydrogen) atoms. The number of carbonyl (C=O) groups excluding carboxylic acids is 1. The molecule has 0 bridgehead atoms. The van der Waals surface area contributed by atoms with Crippen molar-refractivity contribution in [1.82, 2.24) is 4.72 Å². The summed E-state index contributed by atoms with van der Waals surface area (Å²) in [7, 11) is -3.59. The number of carbonyl (C=O) groups is 1. The molecule has 0 atom stereocenters. The van der Waals surface area contributed by atoms with Crippen molar-refractivity contribution in [3.63, 3.8) is 0 Å². The Labute approximate surface area is 188 Å². The fourth-order valence-corrected chi connectivity index (χ4v) is 5.31. The zero-order valence-corrected chi connectivity index (χ0v) is 18.9. The molecule has 9 heteroatoms. The third-order valence-electron chi connectivity index (χ3n) is 5.57. The summed E-state index contributed by atoms with van der Waals surface area (Å²) in [6.07, 6.45) is 5.00. The second kappa shape index (κ2) is 9.79. The van der Waals surface area contributed by atoms with Crippen LogP contribution in [0.5, 0.6) is 17.2 Å². The summed E-state index contributed by atoms with van der Waals surface area (Å²) in [5.74, 6) is 1.36. The summed E-state index contributed by atoms with van der Waals surface area (Å²) >= 11 is 0. The molecule has 8 nitrogen and oxygen atoms in total. The smallest absolute Gasteiger partial charge is 0.262 e. The summed E-state index contributed by atoms with van der Waals surface area (Å²) in [5.41, 5.74) is 1.22. The molecule has 0 radical (unpaired) electrons. The summed E-state index contributed by atoms with van der Waals surface area (Å²) in [4.78, 5) is 12.5. The van der Waals surface area contributed by atoms with Crippen LogP contribution in [-0.2, 0) is 14.8 Å². The quantitative estimate of drug-likeness (QED) is 0.657. The number of hydrogen-bond donors (Lipinski definition) is 2. The van der Waals surface area contributed by atoms with E-state index in [4.69, 9.17) is 14.2 Å². The van der Waals surface area contributed by atoms with Gasteiger partial charge in [-0.1, -0.05) is 19.3 Å². The fourth-order valence-electron chi connectivity index (χ4n) is 3.92. The monoisotopic (exact) mass is 460 g/mol. The SMILES string of the molecule is Cc1cc(S(=O)(=O)NC2CCCCC2)ccc1OCC(=O)Nc1ccc2c(c1)OCCO2. The highest BCUT2D eigenvalue weighted by Crippen LogP contribution is 2.32. The van der Waals surface area contributed by atoms with Gasteiger partial charge in [0, 0.05) is 17.8 Å². The number of ether oxygens (including phenoxy) is 3. The third kappa shape index (κ3) is 5.52. The fraction of sp³-hybridized carbons (Fsp3) is 0.435. The van der Waals surface area contributed by atoms with Crippen molar-refractivity contribution in [2.75, 3.05) is 25.1 Å². The van der Waals surface area contributed by atoms with Gasteiger partial charge < -0.3 is 19.5 Å². The van der Waals surface area contributed by atoms with Crippen LogP contribution in [0, 0.1) is 6.92 Å². The Morgan fingerprint density at radius 1 is 1.03 bits per heavy atom. The molecular formula is C23H28N2O6S. The van der Waals surface area contributed by atoms with Crippen LogP contribution in [0.15, 0.2) is 41.3 Å². The van der Waals surface area contributed by atoms with Gasteiger partial charge in [0.15, 0.2) is 18.1 Å². The van der Waals surface area contributed by atoms with Crippen molar-refractivity contribution in [2.24, 2.45) is 0 Å². The highest BCUT2D eigenvalue weighted by molar-refractivity contribution is 7.89. The maximum absolute atomic E-state index is 12.7. The van der Waals surface area contributed by atoms with Crippen LogP contribution in [0.4, 0.5) is 5.69 Å². The second-order valence-corrected chi connectivity index (χ2v) is 9.79. The molecule has 1 aliphatic heterocycles. The van der Waals surface area contributed by atoms with Crippen LogP contribution in [0.1, 0.15) is 37.7 Å². The maximum Gasteiger partial charge on any atom is 0.262 e. The second-order valence-electron chi connectivity index (χ2n) is 8.08. The summed E-state index contributed by atoms with van der Waals surface area (Å²) in [5, 5.41) is 2.76. The van der Waals surface area contributed by atoms with Crippen LogP contribution in [0.2, 0.25) is 0 Å². The lowest BCUT2D eigenvalue weighted by atomic mass is 9.96. The van der Waals surface area contributed by atoms with Gasteiger partial charge in [-0.3, -0.25) is 4.79 Å². The van der Waals surface area contributed by atoms with E-state index in [9.17, 15) is 13.2 Å². The van der Waals surface area contributed by atoms with Gasteiger partial charge in [-0.05, 0) is 55.7 Å². The Balaban J connectivity index is 1.34. The first-order valence-corrected chi connectivity index (χ1v) is 12.3. The van der Waals surface area contributed by atoms with Crippen molar-refractivity contribution in [3.8, 4) is 17.2 Å². The third-order valence-corrected chi connectivity index (χ3v) is 7.09. The number of anilines is 1. The maximum atomic E-state index is 12.7. The van der Waals surface area contributed by atoms with Crippen LogP contribution < -0.4 is 24.2 Å². The minimum Gasteiger partial charge on any atom is -0.486 e. The van der Waals surface area contributed by atoms with E-state index in [0.29, 0.717) is 41.7 Å². The minimum absolute atomic E-state index is 0.00534. The van der Waals surface area contributed by atoms with E-state index in [2.05, 4.69) is 10.0 Å². The van der Waals surface area contributed by atoms with E-state index in [1.807, 2.05) is 0 Å². The number of fused-ring (bicyclic) bond motifs is 1. The Morgan fingerprint density at radius 3 is 2.53 bits per heavy atom. The molecule has 2 N–H and O–H groups in total. The molecule has 4 rings (SSSR count). The lowest BCUT2D eigenvalue weighted by molar-refractivity contribution is -0.118. The average molecular weight is 461 g/mol. The molecule has 1 saturated carbocycles. The van der Waals surface area contributed by atoms with Gasteiger partial charge in [0.25, 0.3) is 5.91 Å². The standard InChI is InChI=1S/C23H28N2O6S/c1-16-13-19(32(27,28)25-17-5-3-2-4-6-17)8-10-20(16)31-15-23(26)24-18-7-9-21-22(14-18)30-12-11-29-21/h7-10,13-14,17,25H,2-6,11-12,15H2,1H3,(H,24,26). The summed E-state index contributed by atoms with van der Waals surface area (Å²) in [6.45, 7) is 2.52. The predicted octanol–water partition coefficient (Wildman–Crippen LogP) is 3.39. The molecule has 2 aliphatic rings. The number of amides is 1. The van der Waals surface area contributed by atoms with Gasteiger partial charge in [0.2, 0.25) is 10.0 Å². The Bertz CT molecular complexity index is 1080. The molecule has 0 unspecified atom stereocenters. The molecule has 1 fully saturated rings. The molecule has 0 saturated heterocycles. The Kier molecular flexibility index (Phi) is 6.86. The van der Waals surface area contributed by atoms with Gasteiger partial charge in [-0.2, -0.15) is 0 Å². The largest absolute Gasteiger partial charge is 0.486 e. The molecule has 2 aromatic carbocycles. The van der Waals surface area contributed by atoms with E-state index < -0.39 is 10.0 Å². The molecule has 1 amide bonds. The first-order valence-electron chi connectivity index (χ1n) is 10.9. The van der Waals surface area contributed by atoms with Crippen molar-refractivity contribution in [3.05, 3.63) is 42.0 Å². The first-order chi connectivity index (χ1) is 15.4. The van der Waals surface area contributed by atoms with E-state index in [1.165, 1.54) is 6.07 Å². The number of hydrogen-bond acceptors (Lipinski definition) is 6. The summed E-state index contributed by atoms with van der Waals surface area (Å²) < 4.78 is 44.8. The van der Waals surface area contributed by atoms with E-state index >= 15 is 0 Å². The highest BCUT2D eigenvalue weighted by Gasteiger charge is 2.22. The van der Waals surface area contributed by atoms with Gasteiger partial charge in [0.05, 0.1) is 4.90 Å². The van der Waals surface area contributed by atoms with Crippen LogP contribution in [0.25, 0.3) is 0 Å². The molecule has 1 heterocycles. The number of nitrogens with one attached hydrogen (secondary N) is 2. The average Bonchev–Trinajstić information content (AvgIpc) is 2.78. The van der Waals surface area contributed by atoms with Gasteiger partial charge in [-0.25, -0.2) is 13.1 Å². The van der Waals surface area contributed by atoms with Gasteiger partial charge >= 0.3 is 0 Å². The number of sulfonamides is 1. The predicted molar refractivity (Wildman–Crippen MR) is 120 cm³/mol. The molecule has 1 aliphatic carbocycles. The topological polar surface area (TPSA) is 103 Å². The Hall–Kier alpha value is -2.78. The van der Waals surface area contributed by atoms with E-state index in [-0.39, 0.29) is 23.5 Å². The van der Waals surface area contributed by atoms with Crippen LogP contribution in [-0.4, -0.2) is 40.2 Å².